The minimum atomic E-state index is 0.565. The van der Waals surface area contributed by atoms with Gasteiger partial charge in [0.1, 0.15) is 0 Å². The molecule has 56 valence electrons. The maximum absolute atomic E-state index is 4.88. The summed E-state index contributed by atoms with van der Waals surface area (Å²) in [5, 5.41) is 0. The summed E-state index contributed by atoms with van der Waals surface area (Å²) in [6, 6.07) is 4.06. The van der Waals surface area contributed by atoms with E-state index in [1.807, 2.05) is 12.3 Å². The third-order valence-electron chi connectivity index (χ3n) is 1.51. The van der Waals surface area contributed by atoms with Crippen LogP contribution >= 0.6 is 0 Å². The number of hydrogen-bond acceptors (Lipinski definition) is 2. The van der Waals surface area contributed by atoms with Crippen molar-refractivity contribution in [2.45, 2.75) is 13.5 Å². The fourth-order valence-electron chi connectivity index (χ4n) is 0.901. The molecule has 0 amide bonds. The first kappa shape index (κ1) is 7.31. The predicted molar refractivity (Wildman–Crippen MR) is 39.3 cm³/mol. The predicted octanol–water partition coefficient (Wildman–Crippen LogP) is 0.687. The van der Waals surface area contributed by atoms with Crippen molar-refractivity contribution >= 4 is 0 Å². The second-order valence-corrected chi connectivity index (χ2v) is 2.21. The molecule has 1 heterocycles. The molecule has 1 rings (SSSR count). The van der Waals surface area contributed by atoms with Crippen molar-refractivity contribution < 1.29 is 4.84 Å². The fourth-order valence-corrected chi connectivity index (χ4v) is 0.901. The Labute approximate surface area is 60.4 Å². The highest BCUT2D eigenvalue weighted by Crippen LogP contribution is 1.98. The number of nitrogens with zero attached hydrogens (tertiary/aromatic N) is 1. The Morgan fingerprint density at radius 3 is 3.00 bits per heavy atom. The first-order valence-electron chi connectivity index (χ1n) is 3.28. The molecule has 0 aliphatic heterocycles. The third kappa shape index (κ3) is 1.59. The first-order chi connectivity index (χ1) is 4.84. The summed E-state index contributed by atoms with van der Waals surface area (Å²) in [5.41, 5.74) is 1.23. The molecule has 1 aromatic rings. The molecule has 10 heavy (non-hydrogen) atoms. The summed E-state index contributed by atoms with van der Waals surface area (Å²) in [6.45, 7) is 3.45. The van der Waals surface area contributed by atoms with Crippen LogP contribution in [0.5, 0.6) is 0 Å². The lowest BCUT2D eigenvalue weighted by atomic mass is 10.5. The van der Waals surface area contributed by atoms with E-state index in [9.17, 15) is 0 Å². The lowest BCUT2D eigenvalue weighted by Gasteiger charge is -2.02. The van der Waals surface area contributed by atoms with Crippen LogP contribution < -0.4 is 5.90 Å². The van der Waals surface area contributed by atoms with E-state index in [1.165, 1.54) is 5.69 Å². The average Bonchev–Trinajstić information content (AvgIpc) is 2.31. The molecule has 3 heteroatoms. The molecule has 0 unspecified atom stereocenters. The highest BCUT2D eigenvalue weighted by atomic mass is 16.6. The standard InChI is InChI=1S/C7H12N2O/c1-7-3-2-4-9(7)5-6-10-8/h2-4H,5-6,8H2,1H3. The molecular weight excluding hydrogens is 128 g/mol. The van der Waals surface area contributed by atoms with Crippen LogP contribution in [0.15, 0.2) is 18.3 Å². The van der Waals surface area contributed by atoms with Crippen molar-refractivity contribution in [1.82, 2.24) is 4.57 Å². The molecule has 0 bridgehead atoms. The van der Waals surface area contributed by atoms with Gasteiger partial charge in [-0.2, -0.15) is 0 Å². The van der Waals surface area contributed by atoms with Gasteiger partial charge in [0, 0.05) is 18.4 Å². The zero-order valence-electron chi connectivity index (χ0n) is 6.08. The van der Waals surface area contributed by atoms with E-state index in [2.05, 4.69) is 22.4 Å². The van der Waals surface area contributed by atoms with Gasteiger partial charge in [-0.1, -0.05) is 0 Å². The molecule has 0 atom stereocenters. The monoisotopic (exact) mass is 140 g/mol. The molecule has 0 saturated heterocycles. The Kier molecular flexibility index (Phi) is 2.48. The molecule has 0 aliphatic rings. The smallest absolute Gasteiger partial charge is 0.0858 e. The van der Waals surface area contributed by atoms with Crippen molar-refractivity contribution in [3.05, 3.63) is 24.0 Å². The second-order valence-electron chi connectivity index (χ2n) is 2.21. The highest BCUT2D eigenvalue weighted by molar-refractivity contribution is 5.03. The summed E-state index contributed by atoms with van der Waals surface area (Å²) < 4.78 is 2.09. The van der Waals surface area contributed by atoms with Gasteiger partial charge in [-0.15, -0.1) is 0 Å². The van der Waals surface area contributed by atoms with Crippen LogP contribution in [-0.4, -0.2) is 11.2 Å². The van der Waals surface area contributed by atoms with Crippen molar-refractivity contribution in [3.8, 4) is 0 Å². The van der Waals surface area contributed by atoms with Crippen molar-refractivity contribution in [2.24, 2.45) is 5.90 Å². The minimum Gasteiger partial charge on any atom is -0.349 e. The third-order valence-corrected chi connectivity index (χ3v) is 1.51. The Morgan fingerprint density at radius 1 is 1.70 bits per heavy atom. The molecule has 0 radical (unpaired) electrons. The molecule has 1 aromatic heterocycles. The van der Waals surface area contributed by atoms with Crippen molar-refractivity contribution in [1.29, 1.82) is 0 Å². The number of aryl methyl sites for hydroxylation is 1. The van der Waals surface area contributed by atoms with Gasteiger partial charge >= 0.3 is 0 Å². The number of rotatable bonds is 3. The highest BCUT2D eigenvalue weighted by Gasteiger charge is 1.92. The zero-order chi connectivity index (χ0) is 7.40. The molecule has 2 N–H and O–H groups in total. The quantitative estimate of drug-likeness (QED) is 0.627. The summed E-state index contributed by atoms with van der Waals surface area (Å²) in [5.74, 6) is 4.88. The van der Waals surface area contributed by atoms with Gasteiger partial charge in [0.05, 0.1) is 6.61 Å². The zero-order valence-corrected chi connectivity index (χ0v) is 6.08. The summed E-state index contributed by atoms with van der Waals surface area (Å²) in [6.07, 6.45) is 2.01. The number of hydrogen-bond donors (Lipinski definition) is 1. The van der Waals surface area contributed by atoms with E-state index < -0.39 is 0 Å². The topological polar surface area (TPSA) is 40.2 Å². The van der Waals surface area contributed by atoms with Gasteiger partial charge in [0.15, 0.2) is 0 Å². The molecule has 0 aliphatic carbocycles. The SMILES string of the molecule is Cc1cccn1CCON. The van der Waals surface area contributed by atoms with Crippen LogP contribution in [0.4, 0.5) is 0 Å². The Morgan fingerprint density at radius 2 is 2.50 bits per heavy atom. The Bertz CT molecular complexity index is 195. The van der Waals surface area contributed by atoms with Gasteiger partial charge < -0.3 is 9.40 Å². The van der Waals surface area contributed by atoms with E-state index in [1.54, 1.807) is 0 Å². The van der Waals surface area contributed by atoms with E-state index in [0.717, 1.165) is 6.54 Å². The molecule has 0 saturated carbocycles. The lowest BCUT2D eigenvalue weighted by molar-refractivity contribution is 0.129. The fraction of sp³-hybridized carbons (Fsp3) is 0.429. The van der Waals surface area contributed by atoms with Gasteiger partial charge in [-0.25, -0.2) is 5.90 Å². The molecular formula is C7H12N2O. The average molecular weight is 140 g/mol. The Hall–Kier alpha value is -0.800. The van der Waals surface area contributed by atoms with Crippen LogP contribution in [0.25, 0.3) is 0 Å². The van der Waals surface area contributed by atoms with Crippen LogP contribution in [0.1, 0.15) is 5.69 Å². The van der Waals surface area contributed by atoms with E-state index >= 15 is 0 Å². The van der Waals surface area contributed by atoms with E-state index in [-0.39, 0.29) is 0 Å². The maximum Gasteiger partial charge on any atom is 0.0858 e. The van der Waals surface area contributed by atoms with E-state index in [0.29, 0.717) is 6.61 Å². The van der Waals surface area contributed by atoms with Gasteiger partial charge in [0.2, 0.25) is 0 Å². The van der Waals surface area contributed by atoms with Crippen LogP contribution in [-0.2, 0) is 11.4 Å². The van der Waals surface area contributed by atoms with Gasteiger partial charge in [0.25, 0.3) is 0 Å². The summed E-state index contributed by atoms with van der Waals surface area (Å²) >= 11 is 0. The second kappa shape index (κ2) is 3.39. The summed E-state index contributed by atoms with van der Waals surface area (Å²) in [4.78, 5) is 4.45. The minimum absolute atomic E-state index is 0.565. The number of nitrogens with two attached hydrogens (primary N) is 1. The van der Waals surface area contributed by atoms with Crippen molar-refractivity contribution in [2.75, 3.05) is 6.61 Å². The van der Waals surface area contributed by atoms with Gasteiger partial charge in [-0.05, 0) is 19.1 Å². The van der Waals surface area contributed by atoms with Crippen LogP contribution in [0.2, 0.25) is 0 Å². The Balaban J connectivity index is 2.49. The first-order valence-corrected chi connectivity index (χ1v) is 3.28. The van der Waals surface area contributed by atoms with E-state index in [4.69, 9.17) is 5.90 Å². The molecule has 0 fully saturated rings. The lowest BCUT2D eigenvalue weighted by Crippen LogP contribution is -2.09. The van der Waals surface area contributed by atoms with Gasteiger partial charge in [-0.3, -0.25) is 0 Å². The molecule has 3 nitrogen and oxygen atoms in total. The number of aromatic nitrogens is 1. The maximum atomic E-state index is 4.88. The summed E-state index contributed by atoms with van der Waals surface area (Å²) in [7, 11) is 0. The largest absolute Gasteiger partial charge is 0.349 e. The molecule has 0 aromatic carbocycles. The van der Waals surface area contributed by atoms with Crippen LogP contribution in [0, 0.1) is 6.92 Å². The normalized spacial score (nSPS) is 10.2. The van der Waals surface area contributed by atoms with Crippen LogP contribution in [0.3, 0.4) is 0 Å². The van der Waals surface area contributed by atoms with Crippen molar-refractivity contribution in [3.63, 3.8) is 0 Å². The molecule has 0 spiro atoms.